The highest BCUT2D eigenvalue weighted by Gasteiger charge is 2.19. The van der Waals surface area contributed by atoms with Crippen LogP contribution >= 0.6 is 15.9 Å². The lowest BCUT2D eigenvalue weighted by molar-refractivity contribution is -0.105. The molecule has 2 heterocycles. The molecule has 1 atom stereocenters. The molecule has 31 heavy (non-hydrogen) atoms. The molecular weight excluding hydrogens is 468 g/mol. The van der Waals surface area contributed by atoms with E-state index < -0.39 is 5.97 Å². The van der Waals surface area contributed by atoms with Crippen LogP contribution in [0.2, 0.25) is 0 Å². The smallest absolute Gasteiger partial charge is 0.343 e. The number of methoxy groups -OCH3 is 1. The van der Waals surface area contributed by atoms with Crippen LogP contribution in [0, 0.1) is 10.8 Å². The topological polar surface area (TPSA) is 141 Å². The molecule has 3 N–H and O–H groups in total. The molecule has 0 aliphatic rings. The van der Waals surface area contributed by atoms with Crippen LogP contribution < -0.4 is 10.1 Å². The van der Waals surface area contributed by atoms with Crippen LogP contribution in [-0.2, 0) is 9.53 Å². The number of hydrogen-bond acceptors (Lipinski definition) is 8. The van der Waals surface area contributed by atoms with Crippen molar-refractivity contribution in [2.45, 2.75) is 25.8 Å². The van der Waals surface area contributed by atoms with Gasteiger partial charge in [-0.2, -0.15) is 0 Å². The van der Waals surface area contributed by atoms with Gasteiger partial charge in [-0.15, -0.1) is 0 Å². The zero-order valence-electron chi connectivity index (χ0n) is 17.1. The van der Waals surface area contributed by atoms with Gasteiger partial charge in [0, 0.05) is 16.7 Å². The zero-order valence-corrected chi connectivity index (χ0v) is 18.7. The number of nitrogens with one attached hydrogen (secondary N) is 3. The molecule has 2 rings (SSSR count). The molecular formula is C20H23BrN6O4. The van der Waals surface area contributed by atoms with Crippen molar-refractivity contribution in [1.29, 1.82) is 10.8 Å². The fraction of sp³-hybridized carbons (Fsp3) is 0.300. The number of carbonyl (C=O) groups excluding carboxylic acids is 2. The molecule has 0 aliphatic carbocycles. The minimum Gasteiger partial charge on any atom is -0.477 e. The summed E-state index contributed by atoms with van der Waals surface area (Å²) in [7, 11) is 1.29. The van der Waals surface area contributed by atoms with Gasteiger partial charge in [0.15, 0.2) is 5.84 Å². The molecule has 0 saturated carbocycles. The Morgan fingerprint density at radius 2 is 2.19 bits per heavy atom. The minimum absolute atomic E-state index is 0.0421. The van der Waals surface area contributed by atoms with E-state index in [4.69, 9.17) is 20.3 Å². The monoisotopic (exact) mass is 490 g/mol. The van der Waals surface area contributed by atoms with Crippen molar-refractivity contribution in [2.75, 3.05) is 19.0 Å². The van der Waals surface area contributed by atoms with Crippen molar-refractivity contribution >= 4 is 46.3 Å². The molecule has 0 aromatic carbocycles. The van der Waals surface area contributed by atoms with Crippen molar-refractivity contribution in [3.8, 4) is 5.88 Å². The predicted octanol–water partition coefficient (Wildman–Crippen LogP) is 3.08. The fourth-order valence-corrected chi connectivity index (χ4v) is 3.07. The number of nitrogens with zero attached hydrogens (tertiary/aromatic N) is 3. The van der Waals surface area contributed by atoms with Crippen molar-refractivity contribution in [3.05, 3.63) is 46.2 Å². The highest BCUT2D eigenvalue weighted by molar-refractivity contribution is 9.10. The number of hydrogen-bond donors (Lipinski definition) is 3. The predicted molar refractivity (Wildman–Crippen MR) is 119 cm³/mol. The molecule has 2 aromatic heterocycles. The Kier molecular flexibility index (Phi) is 9.07. The van der Waals surface area contributed by atoms with E-state index >= 15 is 0 Å². The Hall–Kier alpha value is -3.34. The third-order valence-corrected chi connectivity index (χ3v) is 4.73. The Bertz CT molecular complexity index is 955. The first-order valence-electron chi connectivity index (χ1n) is 9.33. The quantitative estimate of drug-likeness (QED) is 0.144. The first-order valence-corrected chi connectivity index (χ1v) is 10.1. The molecule has 0 saturated heterocycles. The molecule has 164 valence electrons. The van der Waals surface area contributed by atoms with Crippen LogP contribution in [0.4, 0.5) is 5.82 Å². The first-order chi connectivity index (χ1) is 14.9. The number of esters is 1. The molecule has 2 aromatic rings. The van der Waals surface area contributed by atoms with Gasteiger partial charge in [0.25, 0.3) is 0 Å². The molecule has 1 unspecified atom stereocenters. The molecule has 0 fully saturated rings. The highest BCUT2D eigenvalue weighted by Crippen LogP contribution is 2.21. The van der Waals surface area contributed by atoms with Gasteiger partial charge in [-0.05, 0) is 53.9 Å². The summed E-state index contributed by atoms with van der Waals surface area (Å²) in [6, 6.07) is 6.32. The van der Waals surface area contributed by atoms with Crippen LogP contribution in [0.25, 0.3) is 0 Å². The molecule has 1 amide bonds. The van der Waals surface area contributed by atoms with Gasteiger partial charge in [0.05, 0.1) is 20.1 Å². The van der Waals surface area contributed by atoms with Gasteiger partial charge in [-0.3, -0.25) is 15.6 Å². The number of halogens is 1. The minimum atomic E-state index is -0.542. The standard InChI is InChI=1S/C20H23BrN6O4/c1-13(27(11-22)18(23)16-6-3-7-17(26-16)25-12-28)5-4-8-31-19-15(20(29)30-2)9-14(21)10-24-19/h3,6-7,9-13,22-23H,4-5,8H2,1-2H3,(H,25,26,28). The van der Waals surface area contributed by atoms with Gasteiger partial charge in [-0.25, -0.2) is 14.8 Å². The number of rotatable bonds is 11. The Balaban J connectivity index is 1.95. The van der Waals surface area contributed by atoms with Gasteiger partial charge in [0.1, 0.15) is 17.1 Å². The average molecular weight is 491 g/mol. The number of pyridine rings is 2. The maximum atomic E-state index is 11.9. The average Bonchev–Trinajstić information content (AvgIpc) is 2.77. The fourth-order valence-electron chi connectivity index (χ4n) is 2.74. The lowest BCUT2D eigenvalue weighted by Crippen LogP contribution is -2.38. The second-order valence-electron chi connectivity index (χ2n) is 6.39. The second-order valence-corrected chi connectivity index (χ2v) is 7.31. The lowest BCUT2D eigenvalue weighted by Gasteiger charge is -2.26. The molecule has 0 aliphatic heterocycles. The molecule has 0 bridgehead atoms. The van der Waals surface area contributed by atoms with Crippen LogP contribution in [0.1, 0.15) is 35.8 Å². The lowest BCUT2D eigenvalue weighted by atomic mass is 10.1. The highest BCUT2D eigenvalue weighted by atomic mass is 79.9. The van der Waals surface area contributed by atoms with E-state index in [1.165, 1.54) is 18.2 Å². The Morgan fingerprint density at radius 3 is 2.87 bits per heavy atom. The maximum Gasteiger partial charge on any atom is 0.343 e. The molecule has 11 heteroatoms. The van der Waals surface area contributed by atoms with Crippen LogP contribution in [0.3, 0.4) is 0 Å². The van der Waals surface area contributed by atoms with Crippen molar-refractivity contribution in [1.82, 2.24) is 14.9 Å². The summed E-state index contributed by atoms with van der Waals surface area (Å²) >= 11 is 3.27. The number of ether oxygens (including phenoxy) is 2. The van der Waals surface area contributed by atoms with Crippen molar-refractivity contribution < 1.29 is 19.1 Å². The number of anilines is 1. The third-order valence-electron chi connectivity index (χ3n) is 4.30. The van der Waals surface area contributed by atoms with Gasteiger partial charge >= 0.3 is 5.97 Å². The summed E-state index contributed by atoms with van der Waals surface area (Å²) in [5.41, 5.74) is 0.558. The molecule has 10 nitrogen and oxygen atoms in total. The normalized spacial score (nSPS) is 11.2. The maximum absolute atomic E-state index is 11.9. The summed E-state index contributed by atoms with van der Waals surface area (Å²) in [5.74, 6) is 0.00890. The first kappa shape index (κ1) is 23.9. The van der Waals surface area contributed by atoms with Gasteiger partial charge < -0.3 is 19.7 Å². The largest absolute Gasteiger partial charge is 0.477 e. The SMILES string of the molecule is COC(=O)c1cc(Br)cnc1OCCCC(C)N(C=N)C(=N)c1cccc(NC=O)n1. The van der Waals surface area contributed by atoms with Crippen molar-refractivity contribution in [2.24, 2.45) is 0 Å². The van der Waals surface area contributed by atoms with Crippen LogP contribution in [0.15, 0.2) is 34.9 Å². The van der Waals surface area contributed by atoms with Gasteiger partial charge in [-0.1, -0.05) is 6.07 Å². The summed E-state index contributed by atoms with van der Waals surface area (Å²) in [6.45, 7) is 2.17. The molecule has 0 radical (unpaired) electrons. The second kappa shape index (κ2) is 11.7. The summed E-state index contributed by atoms with van der Waals surface area (Å²) in [5, 5.41) is 18.5. The summed E-state index contributed by atoms with van der Waals surface area (Å²) < 4.78 is 11.0. The van der Waals surface area contributed by atoms with E-state index in [1.54, 1.807) is 24.3 Å². The summed E-state index contributed by atoms with van der Waals surface area (Å²) in [4.78, 5) is 32.3. The van der Waals surface area contributed by atoms with E-state index in [2.05, 4.69) is 31.2 Å². The number of carbonyl (C=O) groups is 2. The third kappa shape index (κ3) is 6.57. The van der Waals surface area contributed by atoms with Crippen molar-refractivity contribution in [3.63, 3.8) is 0 Å². The van der Waals surface area contributed by atoms with E-state index in [-0.39, 0.29) is 23.3 Å². The summed E-state index contributed by atoms with van der Waals surface area (Å²) in [6.07, 6.45) is 4.31. The Morgan fingerprint density at radius 1 is 1.42 bits per heavy atom. The van der Waals surface area contributed by atoms with Crippen LogP contribution in [0.5, 0.6) is 5.88 Å². The number of aromatic nitrogens is 2. The van der Waals surface area contributed by atoms with E-state index in [0.717, 1.165) is 6.34 Å². The number of amides is 1. The van der Waals surface area contributed by atoms with Gasteiger partial charge in [0.2, 0.25) is 12.3 Å². The Labute approximate surface area is 188 Å². The van der Waals surface area contributed by atoms with E-state index in [1.807, 2.05) is 6.92 Å². The molecule has 0 spiro atoms. The zero-order chi connectivity index (χ0) is 22.8. The number of amidine groups is 1. The van der Waals surface area contributed by atoms with E-state index in [9.17, 15) is 9.59 Å². The van der Waals surface area contributed by atoms with Crippen LogP contribution in [-0.4, -0.2) is 59.2 Å². The van der Waals surface area contributed by atoms with E-state index in [0.29, 0.717) is 41.8 Å².